The second-order valence-electron chi connectivity index (χ2n) is 15.1. The Bertz CT molecular complexity index is 3530. The lowest BCUT2D eigenvalue weighted by molar-refractivity contribution is 1.07. The number of pyridine rings is 1. The van der Waals surface area contributed by atoms with Gasteiger partial charge in [0.05, 0.1) is 33.3 Å². The zero-order chi connectivity index (χ0) is 39.6. The quantitative estimate of drug-likeness (QED) is 0.169. The normalized spacial score (nSPS) is 11.7. The summed E-state index contributed by atoms with van der Waals surface area (Å²) in [4.78, 5) is 20.1. The van der Waals surface area contributed by atoms with Crippen LogP contribution in [-0.2, 0) is 0 Å². The fourth-order valence-corrected chi connectivity index (χ4v) is 8.88. The molecule has 0 unspecified atom stereocenters. The highest BCUT2D eigenvalue weighted by molar-refractivity contribution is 6.13. The number of hydrogen-bond acceptors (Lipinski definition) is 4. The van der Waals surface area contributed by atoms with Crippen LogP contribution in [0, 0.1) is 0 Å². The molecule has 0 fully saturated rings. The van der Waals surface area contributed by atoms with Gasteiger partial charge in [0.2, 0.25) is 0 Å². The molecule has 60 heavy (non-hydrogen) atoms. The van der Waals surface area contributed by atoms with Gasteiger partial charge in [0.15, 0.2) is 17.5 Å². The third kappa shape index (κ3) is 5.42. The summed E-state index contributed by atoms with van der Waals surface area (Å²) in [6.07, 6.45) is 1.85. The number of rotatable bonds is 6. The Morgan fingerprint density at radius 1 is 0.317 bits per heavy atom. The molecule has 4 aromatic heterocycles. The minimum absolute atomic E-state index is 0.577. The number of fused-ring (bicyclic) bond motifs is 7. The summed E-state index contributed by atoms with van der Waals surface area (Å²) in [5, 5.41) is 5.86. The Morgan fingerprint density at radius 3 is 1.42 bits per heavy atom. The number of nitrogens with zero attached hydrogens (tertiary/aromatic N) is 6. The van der Waals surface area contributed by atoms with E-state index in [0.29, 0.717) is 17.5 Å². The predicted octanol–water partition coefficient (Wildman–Crippen LogP) is 13.3. The van der Waals surface area contributed by atoms with Crippen molar-refractivity contribution in [3.05, 3.63) is 206 Å². The highest BCUT2D eigenvalue weighted by Gasteiger charge is 2.20. The molecular formula is C54H34N6. The van der Waals surface area contributed by atoms with Gasteiger partial charge in [-0.15, -0.1) is 0 Å². The van der Waals surface area contributed by atoms with Gasteiger partial charge >= 0.3 is 0 Å². The summed E-state index contributed by atoms with van der Waals surface area (Å²) < 4.78 is 4.73. The van der Waals surface area contributed by atoms with Gasteiger partial charge in [-0.25, -0.2) is 15.0 Å². The van der Waals surface area contributed by atoms with E-state index < -0.39 is 0 Å². The van der Waals surface area contributed by atoms with Gasteiger partial charge in [0.1, 0.15) is 0 Å². The van der Waals surface area contributed by atoms with Crippen molar-refractivity contribution in [2.24, 2.45) is 0 Å². The topological polar surface area (TPSA) is 61.4 Å². The first-order chi connectivity index (χ1) is 29.8. The number of aromatic nitrogens is 6. The molecule has 0 aliphatic rings. The van der Waals surface area contributed by atoms with Gasteiger partial charge in [-0.05, 0) is 83.9 Å². The molecule has 6 nitrogen and oxygen atoms in total. The number of para-hydroxylation sites is 3. The van der Waals surface area contributed by atoms with Crippen molar-refractivity contribution in [3.63, 3.8) is 0 Å². The lowest BCUT2D eigenvalue weighted by atomic mass is 10.0. The van der Waals surface area contributed by atoms with Gasteiger partial charge in [-0.3, -0.25) is 4.98 Å². The first-order valence-corrected chi connectivity index (χ1v) is 20.1. The van der Waals surface area contributed by atoms with Gasteiger partial charge in [-0.1, -0.05) is 127 Å². The van der Waals surface area contributed by atoms with E-state index in [1.807, 2.05) is 72.9 Å². The Morgan fingerprint density at radius 2 is 0.800 bits per heavy atom. The summed E-state index contributed by atoms with van der Waals surface area (Å²) in [6.45, 7) is 0. The third-order valence-corrected chi connectivity index (χ3v) is 11.6. The van der Waals surface area contributed by atoms with Gasteiger partial charge in [-0.2, -0.15) is 0 Å². The van der Waals surface area contributed by atoms with Crippen molar-refractivity contribution in [3.8, 4) is 56.7 Å². The van der Waals surface area contributed by atoms with E-state index in [0.717, 1.165) is 50.0 Å². The Kier molecular flexibility index (Phi) is 7.74. The number of hydrogen-bond donors (Lipinski definition) is 0. The molecule has 0 aliphatic heterocycles. The van der Waals surface area contributed by atoms with E-state index in [-0.39, 0.29) is 0 Å². The molecule has 280 valence electrons. The largest absolute Gasteiger partial charge is 0.309 e. The molecule has 6 heteroatoms. The average molecular weight is 767 g/mol. The van der Waals surface area contributed by atoms with Crippen LogP contribution in [0.15, 0.2) is 206 Å². The minimum atomic E-state index is 0.577. The summed E-state index contributed by atoms with van der Waals surface area (Å²) in [7, 11) is 0. The molecular weight excluding hydrogens is 733 g/mol. The SMILES string of the molecule is c1ccc(-c2nc(-c3ccccc3)nc(-c3ccc(-n4c5ccccc5c5cc(-c6ccc7c(c6)c6ccccc6n7-c6ccccc6)ccc54)c4cccnc34)n2)cc1. The van der Waals surface area contributed by atoms with Crippen molar-refractivity contribution >= 4 is 54.5 Å². The lowest BCUT2D eigenvalue weighted by Crippen LogP contribution is -2.02. The van der Waals surface area contributed by atoms with E-state index >= 15 is 0 Å². The zero-order valence-corrected chi connectivity index (χ0v) is 32.3. The molecule has 0 saturated heterocycles. The third-order valence-electron chi connectivity index (χ3n) is 11.6. The second-order valence-corrected chi connectivity index (χ2v) is 15.1. The lowest BCUT2D eigenvalue weighted by Gasteiger charge is -2.14. The van der Waals surface area contributed by atoms with Crippen LogP contribution in [0.5, 0.6) is 0 Å². The molecule has 0 radical (unpaired) electrons. The maximum Gasteiger partial charge on any atom is 0.166 e. The van der Waals surface area contributed by atoms with Crippen molar-refractivity contribution in [2.45, 2.75) is 0 Å². The van der Waals surface area contributed by atoms with Gasteiger partial charge in [0.25, 0.3) is 0 Å². The Labute approximate surface area is 345 Å². The van der Waals surface area contributed by atoms with E-state index in [4.69, 9.17) is 19.9 Å². The molecule has 0 aliphatic carbocycles. The first kappa shape index (κ1) is 33.9. The minimum Gasteiger partial charge on any atom is -0.309 e. The smallest absolute Gasteiger partial charge is 0.166 e. The molecule has 0 N–H and O–H groups in total. The zero-order valence-electron chi connectivity index (χ0n) is 32.3. The molecule has 0 bridgehead atoms. The summed E-state index contributed by atoms with van der Waals surface area (Å²) in [6, 6.07) is 70.3. The van der Waals surface area contributed by atoms with Crippen LogP contribution in [0.2, 0.25) is 0 Å². The van der Waals surface area contributed by atoms with Crippen molar-refractivity contribution in [2.75, 3.05) is 0 Å². The van der Waals surface area contributed by atoms with Crippen molar-refractivity contribution in [1.29, 1.82) is 0 Å². The Hall–Kier alpha value is -8.22. The molecule has 0 atom stereocenters. The predicted molar refractivity (Wildman–Crippen MR) is 246 cm³/mol. The maximum atomic E-state index is 5.06. The van der Waals surface area contributed by atoms with Gasteiger partial charge in [0, 0.05) is 55.5 Å². The van der Waals surface area contributed by atoms with Crippen LogP contribution in [0.25, 0.3) is 111 Å². The monoisotopic (exact) mass is 766 g/mol. The summed E-state index contributed by atoms with van der Waals surface area (Å²) in [5.41, 5.74) is 12.7. The van der Waals surface area contributed by atoms with Crippen molar-refractivity contribution in [1.82, 2.24) is 29.1 Å². The fourth-order valence-electron chi connectivity index (χ4n) is 8.88. The molecule has 12 rings (SSSR count). The number of benzene rings is 8. The average Bonchev–Trinajstić information content (AvgIpc) is 3.84. The van der Waals surface area contributed by atoms with E-state index in [1.54, 1.807) is 0 Å². The highest BCUT2D eigenvalue weighted by Crippen LogP contribution is 2.40. The second kappa shape index (κ2) is 13.7. The van der Waals surface area contributed by atoms with E-state index in [9.17, 15) is 0 Å². The van der Waals surface area contributed by atoms with Crippen LogP contribution in [0.4, 0.5) is 0 Å². The Balaban J connectivity index is 1.02. The van der Waals surface area contributed by atoms with Gasteiger partial charge < -0.3 is 9.13 Å². The van der Waals surface area contributed by atoms with Crippen molar-refractivity contribution < 1.29 is 0 Å². The molecule has 0 spiro atoms. The van der Waals surface area contributed by atoms with Crippen LogP contribution < -0.4 is 0 Å². The fraction of sp³-hybridized carbons (Fsp3) is 0. The molecule has 12 aromatic rings. The molecule has 8 aromatic carbocycles. The highest BCUT2D eigenvalue weighted by atomic mass is 15.0. The summed E-state index contributed by atoms with van der Waals surface area (Å²) in [5.74, 6) is 1.81. The maximum absolute atomic E-state index is 5.06. The molecule has 4 heterocycles. The van der Waals surface area contributed by atoms with E-state index in [1.165, 1.54) is 43.7 Å². The standard InChI is InChI=1S/C54H34N6/c1-4-15-35(16-5-1)52-56-53(36-17-6-2-7-18-36)58-54(57-52)43-28-31-48(42-23-14-32-55-51(42)43)60-47-25-13-11-22-41(47)45-34-38(27-30-50(45)60)37-26-29-49-44(33-37)40-21-10-12-24-46(40)59(49)39-19-8-3-9-20-39/h1-34H. The van der Waals surface area contributed by atoms with Crippen LogP contribution in [-0.4, -0.2) is 29.1 Å². The molecule has 0 amide bonds. The van der Waals surface area contributed by atoms with Crippen LogP contribution in [0.1, 0.15) is 0 Å². The van der Waals surface area contributed by atoms with Crippen LogP contribution in [0.3, 0.4) is 0 Å². The summed E-state index contributed by atoms with van der Waals surface area (Å²) >= 11 is 0. The first-order valence-electron chi connectivity index (χ1n) is 20.1. The van der Waals surface area contributed by atoms with Crippen LogP contribution >= 0.6 is 0 Å². The molecule has 0 saturated carbocycles. The van der Waals surface area contributed by atoms with E-state index in [2.05, 4.69) is 143 Å².